The summed E-state index contributed by atoms with van der Waals surface area (Å²) in [7, 11) is 0. The van der Waals surface area contributed by atoms with Crippen molar-refractivity contribution in [3.63, 3.8) is 0 Å². The van der Waals surface area contributed by atoms with Crippen LogP contribution in [0.3, 0.4) is 0 Å². The van der Waals surface area contributed by atoms with E-state index in [1.165, 1.54) is 0 Å². The molecule has 1 aromatic carbocycles. The Labute approximate surface area is 117 Å². The van der Waals surface area contributed by atoms with Crippen LogP contribution in [-0.4, -0.2) is 17.7 Å². The van der Waals surface area contributed by atoms with E-state index in [9.17, 15) is 9.59 Å². The molecule has 1 aliphatic carbocycles. The topological polar surface area (TPSA) is 52.6 Å². The first-order valence-corrected chi connectivity index (χ1v) is 6.58. The molecule has 2 aliphatic rings. The molecule has 0 aromatic heterocycles. The molecule has 1 fully saturated rings. The lowest BCUT2D eigenvalue weighted by molar-refractivity contribution is -0.251. The number of ether oxygens (including phenoxy) is 2. The third-order valence-electron chi connectivity index (χ3n) is 4.03. The molecular formula is C16H16O4. The molecule has 0 N–H and O–H groups in total. The molecule has 104 valence electrons. The second-order valence-corrected chi connectivity index (χ2v) is 5.74. The van der Waals surface area contributed by atoms with Gasteiger partial charge in [-0.1, -0.05) is 30.3 Å². The maximum absolute atomic E-state index is 12.5. The number of carbonyl (C=O) groups is 2. The van der Waals surface area contributed by atoms with Crippen molar-refractivity contribution in [2.75, 3.05) is 0 Å². The van der Waals surface area contributed by atoms with E-state index in [4.69, 9.17) is 9.47 Å². The molecule has 1 atom stereocenters. The van der Waals surface area contributed by atoms with E-state index in [1.807, 2.05) is 24.3 Å². The summed E-state index contributed by atoms with van der Waals surface area (Å²) in [6.45, 7) is 6.89. The van der Waals surface area contributed by atoms with Crippen molar-refractivity contribution < 1.29 is 19.1 Å². The van der Waals surface area contributed by atoms with Crippen LogP contribution in [0.1, 0.15) is 30.9 Å². The minimum absolute atomic E-state index is 0.299. The quantitative estimate of drug-likeness (QED) is 0.447. The average Bonchev–Trinajstić information content (AvgIpc) is 2.71. The van der Waals surface area contributed by atoms with Gasteiger partial charge in [-0.15, -0.1) is 6.58 Å². The standard InChI is InChI=1S/C16H16O4/c1-4-12-11-8-6-5-7-10(11)9-16(12)13(17)19-15(2,3)20-14(16)18/h4-8,12H,1,9H2,2-3H3. The third-order valence-corrected chi connectivity index (χ3v) is 4.03. The molecule has 4 nitrogen and oxygen atoms in total. The van der Waals surface area contributed by atoms with Crippen LogP contribution in [0.25, 0.3) is 0 Å². The Morgan fingerprint density at radius 3 is 2.40 bits per heavy atom. The molecule has 20 heavy (non-hydrogen) atoms. The molecule has 4 heteroatoms. The minimum atomic E-state index is -1.32. The van der Waals surface area contributed by atoms with Gasteiger partial charge in [0.2, 0.25) is 0 Å². The maximum Gasteiger partial charge on any atom is 0.328 e. The maximum atomic E-state index is 12.5. The lowest BCUT2D eigenvalue weighted by Crippen LogP contribution is -2.55. The number of carbonyl (C=O) groups excluding carboxylic acids is 2. The number of benzene rings is 1. The molecule has 1 saturated heterocycles. The molecule has 1 unspecified atom stereocenters. The van der Waals surface area contributed by atoms with Crippen molar-refractivity contribution in [1.29, 1.82) is 0 Å². The summed E-state index contributed by atoms with van der Waals surface area (Å²) in [4.78, 5) is 25.0. The van der Waals surface area contributed by atoms with E-state index >= 15 is 0 Å². The van der Waals surface area contributed by atoms with Crippen molar-refractivity contribution in [3.8, 4) is 0 Å². The summed E-state index contributed by atoms with van der Waals surface area (Å²) in [5.41, 5.74) is 0.586. The second kappa shape index (κ2) is 3.95. The van der Waals surface area contributed by atoms with Gasteiger partial charge in [-0.25, -0.2) is 0 Å². The van der Waals surface area contributed by atoms with Crippen LogP contribution in [0.4, 0.5) is 0 Å². The van der Waals surface area contributed by atoms with E-state index in [0.717, 1.165) is 11.1 Å². The zero-order chi connectivity index (χ0) is 14.5. The molecular weight excluding hydrogens is 256 g/mol. The van der Waals surface area contributed by atoms with Crippen LogP contribution in [0.5, 0.6) is 0 Å². The zero-order valence-electron chi connectivity index (χ0n) is 11.5. The van der Waals surface area contributed by atoms with E-state index in [1.54, 1.807) is 19.9 Å². The fourth-order valence-corrected chi connectivity index (χ4v) is 3.13. The normalized spacial score (nSPS) is 25.8. The highest BCUT2D eigenvalue weighted by Gasteiger charge is 2.63. The van der Waals surface area contributed by atoms with Crippen molar-refractivity contribution in [2.24, 2.45) is 5.41 Å². The van der Waals surface area contributed by atoms with Crippen molar-refractivity contribution in [2.45, 2.75) is 32.0 Å². The Balaban J connectivity index is 2.12. The molecule has 1 aromatic rings. The van der Waals surface area contributed by atoms with Crippen LogP contribution in [0.15, 0.2) is 36.9 Å². The van der Waals surface area contributed by atoms with Gasteiger partial charge in [0.1, 0.15) is 0 Å². The van der Waals surface area contributed by atoms with Crippen LogP contribution < -0.4 is 0 Å². The molecule has 0 bridgehead atoms. The van der Waals surface area contributed by atoms with E-state index in [-0.39, 0.29) is 0 Å². The SMILES string of the molecule is C=CC1c2ccccc2CC12C(=O)OC(C)(C)OC2=O. The predicted octanol–water partition coefficient (Wildman–Crippen LogP) is 2.33. The second-order valence-electron chi connectivity index (χ2n) is 5.74. The number of rotatable bonds is 1. The molecule has 1 aliphatic heterocycles. The monoisotopic (exact) mass is 272 g/mol. The Hall–Kier alpha value is -2.10. The van der Waals surface area contributed by atoms with Gasteiger partial charge < -0.3 is 9.47 Å². The van der Waals surface area contributed by atoms with Gasteiger partial charge in [0.05, 0.1) is 0 Å². The van der Waals surface area contributed by atoms with Crippen LogP contribution in [0.2, 0.25) is 0 Å². The number of hydrogen-bond donors (Lipinski definition) is 0. The van der Waals surface area contributed by atoms with Gasteiger partial charge in [0.15, 0.2) is 5.41 Å². The smallest absolute Gasteiger partial charge is 0.328 e. The number of hydrogen-bond acceptors (Lipinski definition) is 4. The van der Waals surface area contributed by atoms with Gasteiger partial charge in [-0.3, -0.25) is 9.59 Å². The lowest BCUT2D eigenvalue weighted by atomic mass is 9.75. The minimum Gasteiger partial charge on any atom is -0.422 e. The highest BCUT2D eigenvalue weighted by atomic mass is 16.7. The summed E-state index contributed by atoms with van der Waals surface area (Å²) < 4.78 is 10.6. The van der Waals surface area contributed by atoms with E-state index < -0.39 is 29.1 Å². The van der Waals surface area contributed by atoms with Gasteiger partial charge in [0, 0.05) is 26.2 Å². The lowest BCUT2D eigenvalue weighted by Gasteiger charge is -2.40. The van der Waals surface area contributed by atoms with Gasteiger partial charge >= 0.3 is 11.9 Å². The fourth-order valence-electron chi connectivity index (χ4n) is 3.13. The highest BCUT2D eigenvalue weighted by molar-refractivity contribution is 6.04. The van der Waals surface area contributed by atoms with Crippen molar-refractivity contribution in [1.82, 2.24) is 0 Å². The number of fused-ring (bicyclic) bond motifs is 1. The van der Waals surface area contributed by atoms with E-state index in [0.29, 0.717) is 6.42 Å². The molecule has 1 heterocycles. The van der Waals surface area contributed by atoms with Crippen molar-refractivity contribution in [3.05, 3.63) is 48.0 Å². The predicted molar refractivity (Wildman–Crippen MR) is 71.8 cm³/mol. The number of esters is 2. The fraction of sp³-hybridized carbons (Fsp3) is 0.375. The largest absolute Gasteiger partial charge is 0.422 e. The molecule has 1 spiro atoms. The van der Waals surface area contributed by atoms with Crippen LogP contribution in [-0.2, 0) is 25.5 Å². The Bertz CT molecular complexity index is 595. The molecule has 0 amide bonds. The average molecular weight is 272 g/mol. The summed E-state index contributed by atoms with van der Waals surface area (Å²) in [6, 6.07) is 7.61. The summed E-state index contributed by atoms with van der Waals surface area (Å²) in [5, 5.41) is 0. The van der Waals surface area contributed by atoms with Crippen LogP contribution in [0, 0.1) is 5.41 Å². The third kappa shape index (κ3) is 1.54. The summed E-state index contributed by atoms with van der Waals surface area (Å²) >= 11 is 0. The first-order valence-electron chi connectivity index (χ1n) is 6.58. The summed E-state index contributed by atoms with van der Waals surface area (Å²) in [6.07, 6.45) is 1.93. The first-order chi connectivity index (χ1) is 9.40. The first kappa shape index (κ1) is 12.9. The molecule has 3 rings (SSSR count). The van der Waals surface area contributed by atoms with Crippen molar-refractivity contribution >= 4 is 11.9 Å². The number of allylic oxidation sites excluding steroid dienone is 1. The zero-order valence-corrected chi connectivity index (χ0v) is 11.5. The van der Waals surface area contributed by atoms with Gasteiger partial charge in [-0.2, -0.15) is 0 Å². The van der Waals surface area contributed by atoms with Crippen LogP contribution >= 0.6 is 0 Å². The Morgan fingerprint density at radius 1 is 1.20 bits per heavy atom. The van der Waals surface area contributed by atoms with Gasteiger partial charge in [-0.05, 0) is 11.1 Å². The molecule has 0 radical (unpaired) electrons. The highest BCUT2D eigenvalue weighted by Crippen LogP contribution is 2.52. The Kier molecular flexibility index (Phi) is 2.55. The van der Waals surface area contributed by atoms with Gasteiger partial charge in [0.25, 0.3) is 5.79 Å². The van der Waals surface area contributed by atoms with E-state index in [2.05, 4.69) is 6.58 Å². The summed E-state index contributed by atoms with van der Waals surface area (Å²) in [5.74, 6) is -2.67. The number of cyclic esters (lactones) is 2. The Morgan fingerprint density at radius 2 is 1.80 bits per heavy atom. The molecule has 0 saturated carbocycles.